The summed E-state index contributed by atoms with van der Waals surface area (Å²) < 4.78 is 1.01. The number of halogens is 2. The van der Waals surface area contributed by atoms with E-state index in [4.69, 9.17) is 16.4 Å². The van der Waals surface area contributed by atoms with Gasteiger partial charge in [0.15, 0.2) is 0 Å². The van der Waals surface area contributed by atoms with E-state index in [0.29, 0.717) is 17.0 Å². The molecule has 1 fully saturated rings. The molecule has 1 aliphatic heterocycles. The number of hydrogen-bond acceptors (Lipinski definition) is 4. The molecule has 0 amide bonds. The highest BCUT2D eigenvalue weighted by Gasteiger charge is 2.33. The number of para-hydroxylation sites is 1. The van der Waals surface area contributed by atoms with Gasteiger partial charge in [0.25, 0.3) is 5.69 Å². The Morgan fingerprint density at radius 3 is 2.47 bits per heavy atom. The van der Waals surface area contributed by atoms with Crippen molar-refractivity contribution in [3.63, 3.8) is 0 Å². The van der Waals surface area contributed by atoms with E-state index in [9.17, 15) is 10.1 Å². The Balaban J connectivity index is 1.65. The highest BCUT2D eigenvalue weighted by atomic mass is 79.9. The quantitative estimate of drug-likeness (QED) is 0.289. The van der Waals surface area contributed by atoms with Gasteiger partial charge in [-0.15, -0.1) is 0 Å². The van der Waals surface area contributed by atoms with Crippen molar-refractivity contribution in [1.29, 1.82) is 0 Å². The van der Waals surface area contributed by atoms with Crippen LogP contribution in [0.2, 0.25) is 5.02 Å². The van der Waals surface area contributed by atoms with Crippen molar-refractivity contribution < 1.29 is 9.76 Å². The van der Waals surface area contributed by atoms with Crippen molar-refractivity contribution in [2.45, 2.75) is 18.6 Å². The summed E-state index contributed by atoms with van der Waals surface area (Å²) in [4.78, 5) is 17.2. The van der Waals surface area contributed by atoms with Crippen LogP contribution < -0.4 is 5.06 Å². The second-order valence-electron chi connectivity index (χ2n) is 6.93. The van der Waals surface area contributed by atoms with Crippen LogP contribution in [0.5, 0.6) is 0 Å². The van der Waals surface area contributed by atoms with Gasteiger partial charge in [-0.05, 0) is 54.1 Å². The van der Waals surface area contributed by atoms with Crippen LogP contribution in [0.3, 0.4) is 0 Å². The minimum Gasteiger partial charge on any atom is -0.265 e. The van der Waals surface area contributed by atoms with Gasteiger partial charge in [0.1, 0.15) is 6.10 Å². The summed E-state index contributed by atoms with van der Waals surface area (Å²) in [6, 6.07) is 22.1. The molecule has 0 aromatic heterocycles. The van der Waals surface area contributed by atoms with Gasteiger partial charge >= 0.3 is 0 Å². The van der Waals surface area contributed by atoms with Gasteiger partial charge in [-0.3, -0.25) is 15.0 Å². The van der Waals surface area contributed by atoms with E-state index in [-0.39, 0.29) is 22.8 Å². The largest absolute Gasteiger partial charge is 0.276 e. The lowest BCUT2D eigenvalue weighted by atomic mass is 10.0. The van der Waals surface area contributed by atoms with E-state index in [1.165, 1.54) is 6.07 Å². The average molecular weight is 486 g/mol. The van der Waals surface area contributed by atoms with Crippen LogP contribution in [-0.4, -0.2) is 11.0 Å². The van der Waals surface area contributed by atoms with Crippen molar-refractivity contribution in [1.82, 2.24) is 0 Å². The minimum atomic E-state index is -0.369. The molecule has 0 radical (unpaired) electrons. The highest BCUT2D eigenvalue weighted by Crippen LogP contribution is 2.38. The summed E-state index contributed by atoms with van der Waals surface area (Å²) in [6.07, 6.45) is 4.32. The summed E-state index contributed by atoms with van der Waals surface area (Å²) in [6.45, 7) is 0. The number of hydrogen-bond donors (Lipinski definition) is 0. The molecule has 0 N–H and O–H groups in total. The molecule has 7 heteroatoms. The molecular formula is C23H18BrClN2O3. The third-order valence-corrected chi connectivity index (χ3v) is 5.73. The van der Waals surface area contributed by atoms with Crippen LogP contribution in [0.15, 0.2) is 83.3 Å². The zero-order valence-corrected chi connectivity index (χ0v) is 18.2. The monoisotopic (exact) mass is 484 g/mol. The Hall–Kier alpha value is -2.67. The Bertz CT molecular complexity index is 1070. The van der Waals surface area contributed by atoms with Crippen LogP contribution in [0.25, 0.3) is 6.08 Å². The molecule has 2 atom stereocenters. The summed E-state index contributed by atoms with van der Waals surface area (Å²) >= 11 is 9.50. The smallest absolute Gasteiger partial charge is 0.265 e. The van der Waals surface area contributed by atoms with Crippen molar-refractivity contribution in [2.75, 3.05) is 5.06 Å². The molecule has 1 heterocycles. The third-order valence-electron chi connectivity index (χ3n) is 4.95. The van der Waals surface area contributed by atoms with Crippen LogP contribution in [0, 0.1) is 10.1 Å². The van der Waals surface area contributed by atoms with E-state index in [1.54, 1.807) is 24.3 Å². The predicted octanol–water partition coefficient (Wildman–Crippen LogP) is 6.98. The molecule has 5 nitrogen and oxygen atoms in total. The maximum atomic E-state index is 11.3. The lowest BCUT2D eigenvalue weighted by Gasteiger charge is -2.23. The standard InChI is InChI=1S/C23H18BrClN2O3/c24-18-8-5-17(6-9-18)23-15-21(26(30-23)20-13-10-19(25)11-14-20)12-7-16-3-1-2-4-22(16)27(28)29/h1-14,21,23H,15H2/b12-7+. The number of anilines is 1. The topological polar surface area (TPSA) is 55.6 Å². The van der Waals surface area contributed by atoms with Crippen molar-refractivity contribution in [3.8, 4) is 0 Å². The summed E-state index contributed by atoms with van der Waals surface area (Å²) in [7, 11) is 0. The van der Waals surface area contributed by atoms with Gasteiger partial charge in [0, 0.05) is 22.0 Å². The lowest BCUT2D eigenvalue weighted by molar-refractivity contribution is -0.385. The Labute approximate surface area is 187 Å². The van der Waals surface area contributed by atoms with E-state index < -0.39 is 0 Å². The van der Waals surface area contributed by atoms with Gasteiger partial charge in [-0.2, -0.15) is 0 Å². The summed E-state index contributed by atoms with van der Waals surface area (Å²) in [5.41, 5.74) is 2.58. The van der Waals surface area contributed by atoms with Gasteiger partial charge in [0.2, 0.25) is 0 Å². The molecule has 152 valence electrons. The van der Waals surface area contributed by atoms with Crippen LogP contribution in [0.4, 0.5) is 11.4 Å². The first-order valence-corrected chi connectivity index (χ1v) is 10.6. The fourth-order valence-corrected chi connectivity index (χ4v) is 3.84. The molecule has 0 saturated carbocycles. The van der Waals surface area contributed by atoms with Crippen molar-refractivity contribution >= 4 is 45.0 Å². The predicted molar refractivity (Wildman–Crippen MR) is 122 cm³/mol. The number of nitro groups is 1. The Morgan fingerprint density at radius 1 is 1.07 bits per heavy atom. The van der Waals surface area contributed by atoms with Gasteiger partial charge in [-0.25, -0.2) is 5.06 Å². The number of rotatable bonds is 5. The van der Waals surface area contributed by atoms with Crippen LogP contribution in [-0.2, 0) is 4.84 Å². The molecule has 4 rings (SSSR count). The molecule has 0 spiro atoms. The molecule has 1 saturated heterocycles. The van der Waals surface area contributed by atoms with Crippen molar-refractivity contribution in [2.24, 2.45) is 0 Å². The molecule has 0 aliphatic carbocycles. The lowest BCUT2D eigenvalue weighted by Crippen LogP contribution is -2.25. The highest BCUT2D eigenvalue weighted by molar-refractivity contribution is 9.10. The number of hydroxylamine groups is 1. The Morgan fingerprint density at radius 2 is 1.77 bits per heavy atom. The molecule has 2 unspecified atom stereocenters. The Kier molecular flexibility index (Phi) is 6.18. The third kappa shape index (κ3) is 4.56. The minimum absolute atomic E-state index is 0.0789. The SMILES string of the molecule is O=[N+]([O-])c1ccccc1/C=C/C1CC(c2ccc(Br)cc2)ON1c1ccc(Cl)cc1. The molecule has 3 aromatic rings. The molecule has 3 aromatic carbocycles. The second-order valence-corrected chi connectivity index (χ2v) is 8.28. The molecular weight excluding hydrogens is 468 g/mol. The van der Waals surface area contributed by atoms with Crippen molar-refractivity contribution in [3.05, 3.63) is 110 Å². The number of nitro benzene ring substituents is 1. The van der Waals surface area contributed by atoms with Gasteiger partial charge in [-0.1, -0.05) is 57.9 Å². The van der Waals surface area contributed by atoms with E-state index in [0.717, 1.165) is 15.7 Å². The zero-order valence-electron chi connectivity index (χ0n) is 15.8. The molecule has 1 aliphatic rings. The summed E-state index contributed by atoms with van der Waals surface area (Å²) in [5.74, 6) is 0. The van der Waals surface area contributed by atoms with Gasteiger partial charge < -0.3 is 0 Å². The maximum Gasteiger partial charge on any atom is 0.276 e. The van der Waals surface area contributed by atoms with E-state index in [1.807, 2.05) is 59.7 Å². The first kappa shape index (κ1) is 20.6. The summed E-state index contributed by atoms with van der Waals surface area (Å²) in [5, 5.41) is 13.8. The zero-order chi connectivity index (χ0) is 21.1. The van der Waals surface area contributed by atoms with Crippen LogP contribution in [0.1, 0.15) is 23.7 Å². The first-order chi connectivity index (χ1) is 14.5. The average Bonchev–Trinajstić information content (AvgIpc) is 3.17. The first-order valence-electron chi connectivity index (χ1n) is 9.40. The van der Waals surface area contributed by atoms with Crippen LogP contribution >= 0.6 is 27.5 Å². The van der Waals surface area contributed by atoms with E-state index >= 15 is 0 Å². The number of benzene rings is 3. The van der Waals surface area contributed by atoms with E-state index in [2.05, 4.69) is 15.9 Å². The fraction of sp³-hybridized carbons (Fsp3) is 0.130. The van der Waals surface area contributed by atoms with Gasteiger partial charge in [0.05, 0.1) is 22.2 Å². The maximum absolute atomic E-state index is 11.3. The molecule has 0 bridgehead atoms. The molecule has 30 heavy (non-hydrogen) atoms. The normalized spacial score (nSPS) is 18.8. The second kappa shape index (κ2) is 9.00. The fourth-order valence-electron chi connectivity index (χ4n) is 3.45. The number of nitrogens with zero attached hydrogens (tertiary/aromatic N) is 2.